The predicted octanol–water partition coefficient (Wildman–Crippen LogP) is 2.96. The first-order valence-electron chi connectivity index (χ1n) is 4.05. The third-order valence-corrected chi connectivity index (χ3v) is 1.34. The van der Waals surface area contributed by atoms with E-state index in [-0.39, 0.29) is 19.5 Å². The van der Waals surface area contributed by atoms with E-state index < -0.39 is 0 Å². The molecule has 58 valence electrons. The fourth-order valence-corrected chi connectivity index (χ4v) is 0.652. The minimum absolute atomic E-state index is 0. The first-order valence-corrected chi connectivity index (χ1v) is 4.05. The van der Waals surface area contributed by atoms with Crippen LogP contribution in [0.3, 0.4) is 0 Å². The van der Waals surface area contributed by atoms with E-state index in [0.717, 1.165) is 13.1 Å². The van der Waals surface area contributed by atoms with Gasteiger partial charge in [-0.15, -0.1) is 13.1 Å². The van der Waals surface area contributed by atoms with E-state index in [1.807, 2.05) is 0 Å². The molecular formula is C8H18NZn-. The zero-order chi connectivity index (χ0) is 6.95. The van der Waals surface area contributed by atoms with E-state index in [1.165, 1.54) is 25.7 Å². The van der Waals surface area contributed by atoms with Crippen LogP contribution in [0.2, 0.25) is 0 Å². The van der Waals surface area contributed by atoms with E-state index in [0.29, 0.717) is 0 Å². The zero-order valence-corrected chi connectivity index (χ0v) is 10.4. The summed E-state index contributed by atoms with van der Waals surface area (Å²) in [5, 5.41) is 4.35. The van der Waals surface area contributed by atoms with Crippen molar-refractivity contribution in [2.45, 2.75) is 39.5 Å². The van der Waals surface area contributed by atoms with Crippen molar-refractivity contribution in [3.05, 3.63) is 5.32 Å². The van der Waals surface area contributed by atoms with Gasteiger partial charge in [-0.1, -0.05) is 39.5 Å². The van der Waals surface area contributed by atoms with Crippen LogP contribution in [0.5, 0.6) is 0 Å². The Hall–Kier alpha value is 0.583. The fraction of sp³-hybridized carbons (Fsp3) is 1.00. The van der Waals surface area contributed by atoms with Gasteiger partial charge in [0.1, 0.15) is 0 Å². The van der Waals surface area contributed by atoms with Crippen LogP contribution in [0.15, 0.2) is 0 Å². The molecule has 0 unspecified atom stereocenters. The van der Waals surface area contributed by atoms with Gasteiger partial charge in [0.05, 0.1) is 0 Å². The van der Waals surface area contributed by atoms with Gasteiger partial charge in [0.25, 0.3) is 0 Å². The molecule has 1 nitrogen and oxygen atoms in total. The molecule has 0 amide bonds. The molecule has 0 bridgehead atoms. The minimum Gasteiger partial charge on any atom is -0.662 e. The summed E-state index contributed by atoms with van der Waals surface area (Å²) >= 11 is 0. The van der Waals surface area contributed by atoms with Crippen molar-refractivity contribution in [1.29, 1.82) is 0 Å². The summed E-state index contributed by atoms with van der Waals surface area (Å²) in [6, 6.07) is 0. The third-order valence-electron chi connectivity index (χ3n) is 1.34. The minimum atomic E-state index is 0. The summed E-state index contributed by atoms with van der Waals surface area (Å²) in [5.41, 5.74) is 0. The molecule has 0 aromatic heterocycles. The Labute approximate surface area is 77.7 Å². The summed E-state index contributed by atoms with van der Waals surface area (Å²) < 4.78 is 0. The van der Waals surface area contributed by atoms with Crippen LogP contribution in [0.1, 0.15) is 39.5 Å². The van der Waals surface area contributed by atoms with Gasteiger partial charge in [0, 0.05) is 19.5 Å². The van der Waals surface area contributed by atoms with E-state index in [9.17, 15) is 0 Å². The second-order valence-electron chi connectivity index (χ2n) is 2.38. The van der Waals surface area contributed by atoms with Gasteiger partial charge in [-0.2, -0.15) is 0 Å². The fourth-order valence-electron chi connectivity index (χ4n) is 0.652. The second kappa shape index (κ2) is 12.3. The van der Waals surface area contributed by atoms with Crippen LogP contribution in [0.4, 0.5) is 0 Å². The first-order chi connectivity index (χ1) is 4.41. The smallest absolute Gasteiger partial charge is 0 e. The molecule has 0 aliphatic rings. The van der Waals surface area contributed by atoms with Crippen LogP contribution in [0, 0.1) is 0 Å². The van der Waals surface area contributed by atoms with E-state index in [4.69, 9.17) is 0 Å². The SMILES string of the molecule is CCCC[N-]CCCC.[Zn]. The topological polar surface area (TPSA) is 14.1 Å². The molecule has 0 atom stereocenters. The van der Waals surface area contributed by atoms with Gasteiger partial charge in [0.15, 0.2) is 0 Å². The third kappa shape index (κ3) is 11.4. The van der Waals surface area contributed by atoms with Gasteiger partial charge >= 0.3 is 0 Å². The number of rotatable bonds is 6. The normalized spacial score (nSPS) is 9.00. The standard InChI is InChI=1S/C8H18N.Zn/c1-3-5-7-9-8-6-4-2;/h3-8H2,1-2H3;/q-1;. The summed E-state index contributed by atoms with van der Waals surface area (Å²) in [6.45, 7) is 6.57. The van der Waals surface area contributed by atoms with Gasteiger partial charge in [-0.05, 0) is 0 Å². The zero-order valence-electron chi connectivity index (χ0n) is 7.40. The Morgan fingerprint density at radius 1 is 0.900 bits per heavy atom. The van der Waals surface area contributed by atoms with Gasteiger partial charge < -0.3 is 5.32 Å². The van der Waals surface area contributed by atoms with Crippen molar-refractivity contribution >= 4 is 0 Å². The van der Waals surface area contributed by atoms with Crippen molar-refractivity contribution in [2.24, 2.45) is 0 Å². The van der Waals surface area contributed by atoms with E-state index >= 15 is 0 Å². The number of hydrogen-bond donors (Lipinski definition) is 0. The largest absolute Gasteiger partial charge is 0.662 e. The van der Waals surface area contributed by atoms with Crippen LogP contribution < -0.4 is 0 Å². The summed E-state index contributed by atoms with van der Waals surface area (Å²) in [7, 11) is 0. The van der Waals surface area contributed by atoms with Crippen molar-refractivity contribution in [3.63, 3.8) is 0 Å². The molecule has 0 radical (unpaired) electrons. The Morgan fingerprint density at radius 3 is 1.60 bits per heavy atom. The molecular weight excluding hydrogens is 175 g/mol. The Kier molecular flexibility index (Phi) is 16.2. The van der Waals surface area contributed by atoms with Gasteiger partial charge in [0.2, 0.25) is 0 Å². The van der Waals surface area contributed by atoms with Crippen LogP contribution in [-0.2, 0) is 19.5 Å². The number of hydrogen-bond acceptors (Lipinski definition) is 0. The molecule has 0 saturated carbocycles. The van der Waals surface area contributed by atoms with Crippen molar-refractivity contribution < 1.29 is 19.5 Å². The molecule has 0 aliphatic heterocycles. The molecule has 0 spiro atoms. The molecule has 0 fully saturated rings. The maximum Gasteiger partial charge on any atom is 0 e. The summed E-state index contributed by atoms with van der Waals surface area (Å²) in [5.74, 6) is 0. The Balaban J connectivity index is 0. The summed E-state index contributed by atoms with van der Waals surface area (Å²) in [6.07, 6.45) is 5.08. The number of unbranched alkanes of at least 4 members (excludes halogenated alkanes) is 2. The monoisotopic (exact) mass is 192 g/mol. The first kappa shape index (κ1) is 13.2. The number of nitrogens with zero attached hydrogens (tertiary/aromatic N) is 1. The maximum atomic E-state index is 4.35. The molecule has 0 aromatic carbocycles. The summed E-state index contributed by atoms with van der Waals surface area (Å²) in [4.78, 5) is 0. The van der Waals surface area contributed by atoms with E-state index in [1.54, 1.807) is 0 Å². The molecule has 0 saturated heterocycles. The molecule has 0 heterocycles. The Morgan fingerprint density at radius 2 is 1.30 bits per heavy atom. The Bertz CT molecular complexity index is 42.5. The maximum absolute atomic E-state index is 4.35. The average Bonchev–Trinajstić information content (AvgIpc) is 1.89. The van der Waals surface area contributed by atoms with Crippen molar-refractivity contribution in [3.8, 4) is 0 Å². The van der Waals surface area contributed by atoms with E-state index in [2.05, 4.69) is 19.2 Å². The van der Waals surface area contributed by atoms with Gasteiger partial charge in [-0.3, -0.25) is 0 Å². The molecule has 0 aromatic rings. The van der Waals surface area contributed by atoms with Crippen molar-refractivity contribution in [2.75, 3.05) is 13.1 Å². The molecule has 0 N–H and O–H groups in total. The second-order valence-corrected chi connectivity index (χ2v) is 2.38. The van der Waals surface area contributed by atoms with Crippen molar-refractivity contribution in [1.82, 2.24) is 0 Å². The molecule has 10 heavy (non-hydrogen) atoms. The molecule has 2 heteroatoms. The predicted molar refractivity (Wildman–Crippen MR) is 42.9 cm³/mol. The average molecular weight is 194 g/mol. The molecule has 0 rings (SSSR count). The molecule has 0 aliphatic carbocycles. The van der Waals surface area contributed by atoms with Gasteiger partial charge in [-0.25, -0.2) is 0 Å². The van der Waals surface area contributed by atoms with Crippen LogP contribution in [0.25, 0.3) is 5.32 Å². The van der Waals surface area contributed by atoms with Crippen LogP contribution >= 0.6 is 0 Å². The van der Waals surface area contributed by atoms with Crippen LogP contribution in [-0.4, -0.2) is 13.1 Å². The quantitative estimate of drug-likeness (QED) is 0.455.